The van der Waals surface area contributed by atoms with Crippen LogP contribution in [0.3, 0.4) is 0 Å². The molecule has 0 heterocycles. The van der Waals surface area contributed by atoms with Crippen molar-refractivity contribution in [2.24, 2.45) is 5.41 Å². The van der Waals surface area contributed by atoms with Crippen molar-refractivity contribution in [1.29, 1.82) is 0 Å². The normalized spacial score (nSPS) is 29.9. The molecule has 0 amide bonds. The van der Waals surface area contributed by atoms with Gasteiger partial charge in [0.15, 0.2) is 0 Å². The molecule has 2 nitrogen and oxygen atoms in total. The number of carbonyl (C=O) groups excluding carboxylic acids is 1. The van der Waals surface area contributed by atoms with Crippen molar-refractivity contribution in [3.05, 3.63) is 11.6 Å². The Bertz CT molecular complexity index is 206. The van der Waals surface area contributed by atoms with Gasteiger partial charge in [0.1, 0.15) is 0 Å². The van der Waals surface area contributed by atoms with E-state index >= 15 is 0 Å². The number of rotatable bonds is 1. The third-order valence-corrected chi connectivity index (χ3v) is 2.25. The molecule has 11 heavy (non-hydrogen) atoms. The van der Waals surface area contributed by atoms with Gasteiger partial charge < -0.3 is 4.74 Å². The van der Waals surface area contributed by atoms with E-state index in [0.29, 0.717) is 0 Å². The van der Waals surface area contributed by atoms with Crippen LogP contribution in [0.1, 0.15) is 26.7 Å². The summed E-state index contributed by atoms with van der Waals surface area (Å²) < 4.78 is 4.71. The summed E-state index contributed by atoms with van der Waals surface area (Å²) in [5.74, 6) is -0.0920. The van der Waals surface area contributed by atoms with Crippen molar-refractivity contribution in [3.8, 4) is 0 Å². The standard InChI is InChI=1S/C9H14O2/c1-7-4-5-9(2,6-7)8(10)11-3/h4H,5-6H2,1-3H3. The summed E-state index contributed by atoms with van der Waals surface area (Å²) in [4.78, 5) is 11.2. The molecular formula is C9H14O2. The van der Waals surface area contributed by atoms with E-state index in [-0.39, 0.29) is 11.4 Å². The minimum absolute atomic E-state index is 0.0920. The topological polar surface area (TPSA) is 26.3 Å². The van der Waals surface area contributed by atoms with Crippen LogP contribution in [0.15, 0.2) is 11.6 Å². The predicted octanol–water partition coefficient (Wildman–Crippen LogP) is 1.91. The van der Waals surface area contributed by atoms with Gasteiger partial charge in [0.25, 0.3) is 0 Å². The quantitative estimate of drug-likeness (QED) is 0.426. The molecular weight excluding hydrogens is 140 g/mol. The molecule has 0 aromatic rings. The summed E-state index contributed by atoms with van der Waals surface area (Å²) in [5, 5.41) is 0. The van der Waals surface area contributed by atoms with Gasteiger partial charge in [-0.05, 0) is 26.7 Å². The van der Waals surface area contributed by atoms with Crippen LogP contribution in [-0.4, -0.2) is 13.1 Å². The van der Waals surface area contributed by atoms with Gasteiger partial charge in [-0.25, -0.2) is 0 Å². The second-order valence-electron chi connectivity index (χ2n) is 3.48. The summed E-state index contributed by atoms with van der Waals surface area (Å²) in [6.45, 7) is 4.00. The van der Waals surface area contributed by atoms with Gasteiger partial charge in [-0.1, -0.05) is 11.6 Å². The van der Waals surface area contributed by atoms with Crippen LogP contribution in [-0.2, 0) is 9.53 Å². The molecule has 2 heteroatoms. The Morgan fingerprint density at radius 3 is 2.73 bits per heavy atom. The van der Waals surface area contributed by atoms with Crippen molar-refractivity contribution in [2.75, 3.05) is 7.11 Å². The summed E-state index contributed by atoms with van der Waals surface area (Å²) >= 11 is 0. The smallest absolute Gasteiger partial charge is 0.312 e. The zero-order valence-electron chi connectivity index (χ0n) is 7.31. The van der Waals surface area contributed by atoms with Crippen LogP contribution >= 0.6 is 0 Å². The first-order valence-corrected chi connectivity index (χ1v) is 3.82. The van der Waals surface area contributed by atoms with E-state index < -0.39 is 0 Å². The summed E-state index contributed by atoms with van der Waals surface area (Å²) in [5.41, 5.74) is 1.01. The van der Waals surface area contributed by atoms with E-state index in [1.165, 1.54) is 12.7 Å². The van der Waals surface area contributed by atoms with E-state index in [0.717, 1.165) is 12.8 Å². The molecule has 1 rings (SSSR count). The molecule has 1 unspecified atom stereocenters. The van der Waals surface area contributed by atoms with E-state index in [1.807, 2.05) is 13.8 Å². The Morgan fingerprint density at radius 2 is 2.36 bits per heavy atom. The zero-order chi connectivity index (χ0) is 8.48. The molecule has 0 aromatic heterocycles. The summed E-state index contributed by atoms with van der Waals surface area (Å²) in [7, 11) is 1.45. The Balaban J connectivity index is 2.66. The van der Waals surface area contributed by atoms with Crippen LogP contribution in [0.5, 0.6) is 0 Å². The fraction of sp³-hybridized carbons (Fsp3) is 0.667. The average Bonchev–Trinajstić information content (AvgIpc) is 2.31. The van der Waals surface area contributed by atoms with Crippen molar-refractivity contribution in [3.63, 3.8) is 0 Å². The lowest BCUT2D eigenvalue weighted by Crippen LogP contribution is -2.26. The third-order valence-electron chi connectivity index (χ3n) is 2.25. The van der Waals surface area contributed by atoms with Gasteiger partial charge in [-0.2, -0.15) is 0 Å². The second kappa shape index (κ2) is 2.68. The van der Waals surface area contributed by atoms with Crippen LogP contribution in [0, 0.1) is 5.41 Å². The van der Waals surface area contributed by atoms with Gasteiger partial charge in [0.2, 0.25) is 0 Å². The lowest BCUT2D eigenvalue weighted by atomic mass is 9.87. The number of allylic oxidation sites excluding steroid dienone is 2. The zero-order valence-corrected chi connectivity index (χ0v) is 7.31. The monoisotopic (exact) mass is 154 g/mol. The van der Waals surface area contributed by atoms with Crippen molar-refractivity contribution >= 4 is 5.97 Å². The van der Waals surface area contributed by atoms with Crippen LogP contribution in [0.2, 0.25) is 0 Å². The maximum atomic E-state index is 11.2. The fourth-order valence-electron chi connectivity index (χ4n) is 1.56. The first-order valence-electron chi connectivity index (χ1n) is 3.82. The highest BCUT2D eigenvalue weighted by Crippen LogP contribution is 2.37. The average molecular weight is 154 g/mol. The first-order chi connectivity index (χ1) is 5.08. The van der Waals surface area contributed by atoms with E-state index in [1.54, 1.807) is 0 Å². The van der Waals surface area contributed by atoms with Crippen LogP contribution in [0.4, 0.5) is 0 Å². The molecule has 0 saturated carbocycles. The maximum absolute atomic E-state index is 11.2. The Morgan fingerprint density at radius 1 is 1.73 bits per heavy atom. The van der Waals surface area contributed by atoms with Gasteiger partial charge in [0.05, 0.1) is 12.5 Å². The predicted molar refractivity (Wildman–Crippen MR) is 43.1 cm³/mol. The highest BCUT2D eigenvalue weighted by molar-refractivity contribution is 5.77. The molecule has 0 aliphatic heterocycles. The van der Waals surface area contributed by atoms with Crippen LogP contribution < -0.4 is 0 Å². The van der Waals surface area contributed by atoms with Crippen LogP contribution in [0.25, 0.3) is 0 Å². The van der Waals surface area contributed by atoms with Crippen molar-refractivity contribution < 1.29 is 9.53 Å². The number of ether oxygens (including phenoxy) is 1. The Kier molecular flexibility index (Phi) is 2.03. The van der Waals surface area contributed by atoms with Gasteiger partial charge >= 0.3 is 5.97 Å². The van der Waals surface area contributed by atoms with Crippen molar-refractivity contribution in [1.82, 2.24) is 0 Å². The third kappa shape index (κ3) is 1.44. The number of hydrogen-bond acceptors (Lipinski definition) is 2. The molecule has 0 fully saturated rings. The molecule has 62 valence electrons. The van der Waals surface area contributed by atoms with Crippen molar-refractivity contribution in [2.45, 2.75) is 26.7 Å². The highest BCUT2D eigenvalue weighted by atomic mass is 16.5. The Hall–Kier alpha value is -0.790. The number of esters is 1. The second-order valence-corrected chi connectivity index (χ2v) is 3.48. The first kappa shape index (κ1) is 8.31. The largest absolute Gasteiger partial charge is 0.469 e. The molecule has 0 radical (unpaired) electrons. The minimum Gasteiger partial charge on any atom is -0.469 e. The molecule has 0 spiro atoms. The molecule has 0 aromatic carbocycles. The molecule has 1 aliphatic carbocycles. The SMILES string of the molecule is COC(=O)C1(C)CC=C(C)C1. The number of methoxy groups -OCH3 is 1. The molecule has 0 bridgehead atoms. The van der Waals surface area contributed by atoms with E-state index in [9.17, 15) is 4.79 Å². The minimum atomic E-state index is -0.279. The molecule has 1 aliphatic rings. The summed E-state index contributed by atoms with van der Waals surface area (Å²) in [6, 6.07) is 0. The lowest BCUT2D eigenvalue weighted by Gasteiger charge is -2.19. The number of hydrogen-bond donors (Lipinski definition) is 0. The lowest BCUT2D eigenvalue weighted by molar-refractivity contribution is -0.151. The fourth-order valence-corrected chi connectivity index (χ4v) is 1.56. The van der Waals surface area contributed by atoms with E-state index in [4.69, 9.17) is 4.74 Å². The number of carbonyl (C=O) groups is 1. The molecule has 0 N–H and O–H groups in total. The van der Waals surface area contributed by atoms with E-state index in [2.05, 4.69) is 6.08 Å². The molecule has 0 saturated heterocycles. The maximum Gasteiger partial charge on any atom is 0.312 e. The highest BCUT2D eigenvalue weighted by Gasteiger charge is 2.36. The van der Waals surface area contributed by atoms with Gasteiger partial charge in [0, 0.05) is 0 Å². The van der Waals surface area contributed by atoms with Gasteiger partial charge in [-0.3, -0.25) is 4.79 Å². The van der Waals surface area contributed by atoms with Gasteiger partial charge in [-0.15, -0.1) is 0 Å². The molecule has 1 atom stereocenters. The Labute approximate surface area is 67.2 Å². The summed E-state index contributed by atoms with van der Waals surface area (Å²) in [6.07, 6.45) is 3.78.